The molecule has 0 saturated carbocycles. The van der Waals surface area contributed by atoms with Gasteiger partial charge >= 0.3 is 0 Å². The maximum atomic E-state index is 5.64. The maximum absolute atomic E-state index is 5.64. The third kappa shape index (κ3) is 1.57. The molecule has 9 heavy (non-hydrogen) atoms. The summed E-state index contributed by atoms with van der Waals surface area (Å²) in [6.07, 6.45) is 1.58. The highest BCUT2D eigenvalue weighted by atomic mass is 79.9. The van der Waals surface area contributed by atoms with Crippen molar-refractivity contribution in [3.05, 3.63) is 26.9 Å². The van der Waals surface area contributed by atoms with Gasteiger partial charge < -0.3 is 0 Å². The molecule has 48 valence electrons. The molecule has 0 saturated heterocycles. The SMILES string of the molecule is Clc1ccnc(Br)c1Cl. The molecule has 0 spiro atoms. The second-order valence-electron chi connectivity index (χ2n) is 1.40. The summed E-state index contributed by atoms with van der Waals surface area (Å²) < 4.78 is 0.580. The number of hydrogen-bond acceptors (Lipinski definition) is 1. The molecule has 1 rings (SSSR count). The van der Waals surface area contributed by atoms with Crippen LogP contribution in [0.2, 0.25) is 10.0 Å². The molecule has 1 aromatic heterocycles. The van der Waals surface area contributed by atoms with Gasteiger partial charge in [-0.15, -0.1) is 0 Å². The topological polar surface area (TPSA) is 12.9 Å². The Morgan fingerprint density at radius 2 is 2.11 bits per heavy atom. The van der Waals surface area contributed by atoms with Crippen LogP contribution in [0.4, 0.5) is 0 Å². The van der Waals surface area contributed by atoms with Crippen molar-refractivity contribution in [2.75, 3.05) is 0 Å². The number of halogens is 3. The van der Waals surface area contributed by atoms with E-state index in [4.69, 9.17) is 23.2 Å². The van der Waals surface area contributed by atoms with Crippen LogP contribution in [-0.4, -0.2) is 4.98 Å². The summed E-state index contributed by atoms with van der Waals surface area (Å²) in [5.74, 6) is 0. The van der Waals surface area contributed by atoms with Gasteiger partial charge in [0.1, 0.15) is 4.60 Å². The Kier molecular flexibility index (Phi) is 2.33. The number of hydrogen-bond donors (Lipinski definition) is 0. The molecule has 1 heterocycles. The summed E-state index contributed by atoms with van der Waals surface area (Å²) in [6, 6.07) is 1.63. The zero-order valence-corrected chi connectivity index (χ0v) is 7.33. The molecule has 0 radical (unpaired) electrons. The zero-order chi connectivity index (χ0) is 6.85. The number of pyridine rings is 1. The molecule has 0 N–H and O–H groups in total. The molecule has 1 nitrogen and oxygen atoms in total. The smallest absolute Gasteiger partial charge is 0.126 e. The van der Waals surface area contributed by atoms with E-state index >= 15 is 0 Å². The predicted molar refractivity (Wildman–Crippen MR) is 42.0 cm³/mol. The Bertz CT molecular complexity index is 206. The van der Waals surface area contributed by atoms with Crippen molar-refractivity contribution >= 4 is 39.1 Å². The van der Waals surface area contributed by atoms with Crippen LogP contribution in [0, 0.1) is 0 Å². The van der Waals surface area contributed by atoms with Crippen molar-refractivity contribution in [1.29, 1.82) is 0 Å². The van der Waals surface area contributed by atoms with Crippen LogP contribution in [0.5, 0.6) is 0 Å². The third-order valence-corrected chi connectivity index (χ3v) is 2.42. The lowest BCUT2D eigenvalue weighted by Gasteiger charge is -1.93. The quantitative estimate of drug-likeness (QED) is 0.620. The van der Waals surface area contributed by atoms with Crippen LogP contribution in [0.1, 0.15) is 0 Å². The lowest BCUT2D eigenvalue weighted by atomic mass is 10.5. The Hall–Kier alpha value is 0.210. The van der Waals surface area contributed by atoms with Crippen LogP contribution in [0.15, 0.2) is 16.9 Å². The second kappa shape index (κ2) is 2.86. The molecule has 4 heteroatoms. The fourth-order valence-electron chi connectivity index (χ4n) is 0.397. The minimum atomic E-state index is 0.458. The minimum Gasteiger partial charge on any atom is -0.248 e. The predicted octanol–water partition coefficient (Wildman–Crippen LogP) is 3.15. The van der Waals surface area contributed by atoms with Crippen molar-refractivity contribution in [3.8, 4) is 0 Å². The average molecular weight is 227 g/mol. The third-order valence-electron chi connectivity index (χ3n) is 0.800. The van der Waals surface area contributed by atoms with E-state index in [2.05, 4.69) is 20.9 Å². The van der Waals surface area contributed by atoms with E-state index in [0.29, 0.717) is 14.6 Å². The average Bonchev–Trinajstić information content (AvgIpc) is 1.83. The lowest BCUT2D eigenvalue weighted by molar-refractivity contribution is 1.28. The Labute approximate surface area is 71.1 Å². The zero-order valence-electron chi connectivity index (χ0n) is 4.24. The normalized spacial score (nSPS) is 9.67. The summed E-state index contributed by atoms with van der Waals surface area (Å²) in [7, 11) is 0. The Morgan fingerprint density at radius 3 is 2.56 bits per heavy atom. The maximum Gasteiger partial charge on any atom is 0.126 e. The molecular formula is C5H2BrCl2N. The van der Waals surface area contributed by atoms with Gasteiger partial charge in [0.25, 0.3) is 0 Å². The summed E-state index contributed by atoms with van der Waals surface area (Å²) in [5, 5.41) is 0.970. The highest BCUT2D eigenvalue weighted by Crippen LogP contribution is 2.26. The Morgan fingerprint density at radius 1 is 1.44 bits per heavy atom. The van der Waals surface area contributed by atoms with Crippen molar-refractivity contribution in [2.24, 2.45) is 0 Å². The molecule has 0 unspecified atom stereocenters. The largest absolute Gasteiger partial charge is 0.248 e. The molecule has 0 aliphatic heterocycles. The summed E-state index contributed by atoms with van der Waals surface area (Å²) in [6.45, 7) is 0. The van der Waals surface area contributed by atoms with E-state index in [9.17, 15) is 0 Å². The van der Waals surface area contributed by atoms with Gasteiger partial charge in [-0.1, -0.05) is 23.2 Å². The molecule has 1 aromatic rings. The van der Waals surface area contributed by atoms with Crippen molar-refractivity contribution < 1.29 is 0 Å². The summed E-state index contributed by atoms with van der Waals surface area (Å²) >= 11 is 14.4. The second-order valence-corrected chi connectivity index (χ2v) is 2.93. The van der Waals surface area contributed by atoms with Crippen molar-refractivity contribution in [3.63, 3.8) is 0 Å². The summed E-state index contributed by atoms with van der Waals surface area (Å²) in [5.41, 5.74) is 0. The fraction of sp³-hybridized carbons (Fsp3) is 0. The van der Waals surface area contributed by atoms with Crippen LogP contribution in [0.25, 0.3) is 0 Å². The highest BCUT2D eigenvalue weighted by Gasteiger charge is 1.99. The van der Waals surface area contributed by atoms with Gasteiger partial charge in [0, 0.05) is 6.20 Å². The molecule has 0 aromatic carbocycles. The molecule has 0 bridgehead atoms. The van der Waals surface area contributed by atoms with Gasteiger partial charge in [-0.2, -0.15) is 0 Å². The van der Waals surface area contributed by atoms with E-state index in [0.717, 1.165) is 0 Å². The first-order chi connectivity index (χ1) is 4.22. The molecular weight excluding hydrogens is 225 g/mol. The van der Waals surface area contributed by atoms with Gasteiger partial charge in [-0.3, -0.25) is 0 Å². The van der Waals surface area contributed by atoms with E-state index in [1.165, 1.54) is 0 Å². The molecule has 0 aliphatic rings. The van der Waals surface area contributed by atoms with Crippen LogP contribution in [0.3, 0.4) is 0 Å². The van der Waals surface area contributed by atoms with Gasteiger partial charge in [-0.25, -0.2) is 4.98 Å². The van der Waals surface area contributed by atoms with Gasteiger partial charge in [0.2, 0.25) is 0 Å². The Balaban J connectivity index is 3.25. The van der Waals surface area contributed by atoms with Gasteiger partial charge in [0.15, 0.2) is 0 Å². The van der Waals surface area contributed by atoms with E-state index in [1.807, 2.05) is 0 Å². The minimum absolute atomic E-state index is 0.458. The van der Waals surface area contributed by atoms with Crippen molar-refractivity contribution in [1.82, 2.24) is 4.98 Å². The van der Waals surface area contributed by atoms with E-state index in [-0.39, 0.29) is 0 Å². The lowest BCUT2D eigenvalue weighted by Crippen LogP contribution is -1.75. The van der Waals surface area contributed by atoms with E-state index in [1.54, 1.807) is 12.3 Å². The number of rotatable bonds is 0. The molecule has 0 aliphatic carbocycles. The monoisotopic (exact) mass is 225 g/mol. The van der Waals surface area contributed by atoms with Crippen molar-refractivity contribution in [2.45, 2.75) is 0 Å². The van der Waals surface area contributed by atoms with Gasteiger partial charge in [0.05, 0.1) is 10.0 Å². The van der Waals surface area contributed by atoms with Gasteiger partial charge in [-0.05, 0) is 22.0 Å². The first-order valence-electron chi connectivity index (χ1n) is 2.17. The first kappa shape index (κ1) is 7.32. The first-order valence-corrected chi connectivity index (χ1v) is 3.72. The van der Waals surface area contributed by atoms with Crippen LogP contribution in [-0.2, 0) is 0 Å². The standard InChI is InChI=1S/C5H2BrCl2N/c6-5-4(8)3(7)1-2-9-5/h1-2H. The molecule has 0 amide bonds. The van der Waals surface area contributed by atoms with Crippen LogP contribution >= 0.6 is 39.1 Å². The van der Waals surface area contributed by atoms with Crippen LogP contribution < -0.4 is 0 Å². The molecule has 0 fully saturated rings. The number of nitrogens with zero attached hydrogens (tertiary/aromatic N) is 1. The number of aromatic nitrogens is 1. The summed E-state index contributed by atoms with van der Waals surface area (Å²) in [4.78, 5) is 3.84. The molecule has 0 atom stereocenters. The van der Waals surface area contributed by atoms with E-state index < -0.39 is 0 Å². The highest BCUT2D eigenvalue weighted by molar-refractivity contribution is 9.10. The fourth-order valence-corrected chi connectivity index (χ4v) is 1.10.